The van der Waals surface area contributed by atoms with Crippen molar-refractivity contribution in [3.63, 3.8) is 0 Å². The lowest BCUT2D eigenvalue weighted by atomic mass is 9.85. The number of halogens is 1. The molecule has 6 nitrogen and oxygen atoms in total. The Kier molecular flexibility index (Phi) is 5.95. The van der Waals surface area contributed by atoms with Crippen LogP contribution in [0.1, 0.15) is 48.7 Å². The van der Waals surface area contributed by atoms with Crippen LogP contribution in [0, 0.1) is 12.8 Å². The number of aryl methyl sites for hydroxylation is 2. The Morgan fingerprint density at radius 3 is 2.50 bits per heavy atom. The highest BCUT2D eigenvalue weighted by Crippen LogP contribution is 2.27. The van der Waals surface area contributed by atoms with Crippen LogP contribution in [-0.2, 0) is 13.1 Å². The molecule has 0 bridgehead atoms. The maximum absolute atomic E-state index is 12.9. The number of carbonyl (C=O) groups excluding carboxylic acids is 1. The fourth-order valence-corrected chi connectivity index (χ4v) is 4.66. The van der Waals surface area contributed by atoms with Crippen LogP contribution in [-0.4, -0.2) is 26.1 Å². The van der Waals surface area contributed by atoms with Gasteiger partial charge in [0.05, 0.1) is 27.3 Å². The van der Waals surface area contributed by atoms with Crippen LogP contribution in [0.3, 0.4) is 0 Å². The highest BCUT2D eigenvalue weighted by atomic mass is 35.5. The number of carbonyl (C=O) groups is 1. The van der Waals surface area contributed by atoms with Gasteiger partial charge in [0.2, 0.25) is 0 Å². The summed E-state index contributed by atoms with van der Waals surface area (Å²) >= 11 is 5.99. The van der Waals surface area contributed by atoms with E-state index in [4.69, 9.17) is 11.6 Å². The zero-order chi connectivity index (χ0) is 21.3. The number of nitrogens with one attached hydrogen (secondary N) is 1. The van der Waals surface area contributed by atoms with Gasteiger partial charge in [0, 0.05) is 25.3 Å². The van der Waals surface area contributed by atoms with E-state index in [2.05, 4.69) is 10.3 Å². The molecule has 0 aliphatic heterocycles. The van der Waals surface area contributed by atoms with Crippen molar-refractivity contribution in [2.75, 3.05) is 0 Å². The summed E-state index contributed by atoms with van der Waals surface area (Å²) in [7, 11) is 0. The molecule has 1 aliphatic rings. The first-order valence-corrected chi connectivity index (χ1v) is 11.0. The number of benzene rings is 1. The van der Waals surface area contributed by atoms with E-state index in [0.717, 1.165) is 43.3 Å². The average Bonchev–Trinajstić information content (AvgIpc) is 3.02. The van der Waals surface area contributed by atoms with Gasteiger partial charge in [-0.15, -0.1) is 0 Å². The molecule has 1 N–H and O–H groups in total. The van der Waals surface area contributed by atoms with Crippen molar-refractivity contribution in [1.29, 1.82) is 0 Å². The van der Waals surface area contributed by atoms with Crippen LogP contribution in [0.15, 0.2) is 41.3 Å². The predicted molar refractivity (Wildman–Crippen MR) is 119 cm³/mol. The first-order valence-electron chi connectivity index (χ1n) is 10.6. The van der Waals surface area contributed by atoms with E-state index < -0.39 is 0 Å². The summed E-state index contributed by atoms with van der Waals surface area (Å²) in [5.74, 6) is 0.315. The van der Waals surface area contributed by atoms with Gasteiger partial charge in [-0.3, -0.25) is 18.9 Å². The molecule has 0 spiro atoms. The summed E-state index contributed by atoms with van der Waals surface area (Å²) in [4.78, 5) is 29.7. The van der Waals surface area contributed by atoms with Crippen molar-refractivity contribution in [2.45, 2.75) is 58.7 Å². The van der Waals surface area contributed by atoms with Crippen molar-refractivity contribution in [1.82, 2.24) is 19.4 Å². The summed E-state index contributed by atoms with van der Waals surface area (Å²) in [5.41, 5.74) is 3.28. The summed E-state index contributed by atoms with van der Waals surface area (Å²) in [6.07, 6.45) is 5.33. The Morgan fingerprint density at radius 2 is 1.83 bits per heavy atom. The second-order valence-electron chi connectivity index (χ2n) is 8.10. The molecular formula is C23H27ClN4O2. The van der Waals surface area contributed by atoms with Crippen molar-refractivity contribution in [2.24, 2.45) is 5.92 Å². The summed E-state index contributed by atoms with van der Waals surface area (Å²) in [5, 5.41) is 3.60. The molecule has 1 aliphatic carbocycles. The van der Waals surface area contributed by atoms with E-state index in [1.807, 2.05) is 47.2 Å². The molecule has 2 heterocycles. The van der Waals surface area contributed by atoms with Crippen LogP contribution < -0.4 is 11.0 Å². The van der Waals surface area contributed by atoms with Crippen LogP contribution in [0.5, 0.6) is 0 Å². The summed E-state index contributed by atoms with van der Waals surface area (Å²) < 4.78 is 3.76. The number of fused-ring (bicyclic) bond motifs is 1. The molecule has 158 valence electrons. The Hall–Kier alpha value is -2.60. The molecule has 30 heavy (non-hydrogen) atoms. The molecule has 0 saturated heterocycles. The smallest absolute Gasteiger partial charge is 0.329 e. The number of imidazole rings is 1. The lowest BCUT2D eigenvalue weighted by Crippen LogP contribution is -2.39. The third kappa shape index (κ3) is 4.01. The van der Waals surface area contributed by atoms with E-state index >= 15 is 0 Å². The van der Waals surface area contributed by atoms with Crippen LogP contribution >= 0.6 is 11.6 Å². The first kappa shape index (κ1) is 20.7. The molecule has 0 radical (unpaired) electrons. The molecule has 1 saturated carbocycles. The number of hydrogen-bond donors (Lipinski definition) is 1. The van der Waals surface area contributed by atoms with Gasteiger partial charge in [0.25, 0.3) is 5.91 Å². The second-order valence-corrected chi connectivity index (χ2v) is 8.54. The van der Waals surface area contributed by atoms with Gasteiger partial charge < -0.3 is 5.32 Å². The van der Waals surface area contributed by atoms with Crippen LogP contribution in [0.25, 0.3) is 11.0 Å². The van der Waals surface area contributed by atoms with Crippen LogP contribution in [0.4, 0.5) is 0 Å². The number of hydrogen-bond acceptors (Lipinski definition) is 3. The molecule has 0 unspecified atom stereocenters. The minimum Gasteiger partial charge on any atom is -0.349 e. The predicted octanol–water partition coefficient (Wildman–Crippen LogP) is 4.17. The lowest BCUT2D eigenvalue weighted by Gasteiger charge is -2.29. The van der Waals surface area contributed by atoms with Gasteiger partial charge in [0.1, 0.15) is 0 Å². The topological polar surface area (TPSA) is 68.9 Å². The average molecular weight is 427 g/mol. The lowest BCUT2D eigenvalue weighted by molar-refractivity contribution is 0.0919. The van der Waals surface area contributed by atoms with Gasteiger partial charge >= 0.3 is 5.69 Å². The van der Waals surface area contributed by atoms with E-state index in [9.17, 15) is 9.59 Å². The normalized spacial score (nSPS) is 19.2. The molecule has 1 fully saturated rings. The zero-order valence-electron chi connectivity index (χ0n) is 17.4. The number of para-hydroxylation sites is 2. The highest BCUT2D eigenvalue weighted by molar-refractivity contribution is 6.30. The largest absolute Gasteiger partial charge is 0.349 e. The highest BCUT2D eigenvalue weighted by Gasteiger charge is 2.25. The van der Waals surface area contributed by atoms with Crippen LogP contribution in [0.2, 0.25) is 5.02 Å². The standard InChI is InChI=1S/C23H27ClN4O2/c1-3-27-20-6-4-5-7-21(20)28(23(27)30)14-16-8-10-18(11-9-16)26-22(29)19-12-17(24)13-25-15(19)2/h4-7,12-13,16,18H,3,8-11,14H2,1-2H3,(H,26,29). The summed E-state index contributed by atoms with van der Waals surface area (Å²) in [6, 6.07) is 9.80. The summed E-state index contributed by atoms with van der Waals surface area (Å²) in [6.45, 7) is 5.21. The van der Waals surface area contributed by atoms with Gasteiger partial charge in [0.15, 0.2) is 0 Å². The van der Waals surface area contributed by atoms with Crippen molar-refractivity contribution >= 4 is 28.5 Å². The fraction of sp³-hybridized carbons (Fsp3) is 0.435. The SMILES string of the molecule is CCn1c(=O)n(CC2CCC(NC(=O)c3cc(Cl)cnc3C)CC2)c2ccccc21. The third-order valence-corrected chi connectivity index (χ3v) is 6.37. The fourth-order valence-electron chi connectivity index (χ4n) is 4.50. The number of nitrogens with zero attached hydrogens (tertiary/aromatic N) is 3. The molecule has 3 aromatic rings. The Bertz CT molecular complexity index is 1130. The minimum atomic E-state index is -0.117. The van der Waals surface area contributed by atoms with Crippen molar-refractivity contribution in [3.8, 4) is 0 Å². The van der Waals surface area contributed by atoms with Gasteiger partial charge in [-0.05, 0) is 63.6 Å². The third-order valence-electron chi connectivity index (χ3n) is 6.16. The molecule has 0 atom stereocenters. The Labute approximate surface area is 180 Å². The van der Waals surface area contributed by atoms with Gasteiger partial charge in [-0.25, -0.2) is 4.79 Å². The molecule has 1 aromatic carbocycles. The molecular weight excluding hydrogens is 400 g/mol. The molecule has 4 rings (SSSR count). The van der Waals surface area contributed by atoms with Crippen molar-refractivity contribution < 1.29 is 4.79 Å². The maximum Gasteiger partial charge on any atom is 0.329 e. The number of pyridine rings is 1. The minimum absolute atomic E-state index is 0.0676. The van der Waals surface area contributed by atoms with Gasteiger partial charge in [-0.2, -0.15) is 0 Å². The number of rotatable bonds is 5. The molecule has 7 heteroatoms. The Morgan fingerprint density at radius 1 is 1.17 bits per heavy atom. The van der Waals surface area contributed by atoms with E-state index in [1.165, 1.54) is 0 Å². The van der Waals surface area contributed by atoms with E-state index in [0.29, 0.717) is 28.7 Å². The zero-order valence-corrected chi connectivity index (χ0v) is 18.2. The van der Waals surface area contributed by atoms with E-state index in [-0.39, 0.29) is 17.6 Å². The first-order chi connectivity index (χ1) is 14.5. The molecule has 2 aromatic heterocycles. The number of amides is 1. The monoisotopic (exact) mass is 426 g/mol. The van der Waals surface area contributed by atoms with Crippen molar-refractivity contribution in [3.05, 3.63) is 63.3 Å². The maximum atomic E-state index is 12.9. The van der Waals surface area contributed by atoms with E-state index in [1.54, 1.807) is 12.3 Å². The second kappa shape index (κ2) is 8.64. The molecule has 1 amide bonds. The Balaban J connectivity index is 1.41. The number of aromatic nitrogens is 3. The quantitative estimate of drug-likeness (QED) is 0.665. The van der Waals surface area contributed by atoms with Gasteiger partial charge in [-0.1, -0.05) is 23.7 Å².